The van der Waals surface area contributed by atoms with Crippen molar-refractivity contribution in [3.63, 3.8) is 0 Å². The second-order valence-corrected chi connectivity index (χ2v) is 35.0. The maximum Gasteiger partial charge on any atom is 0.0562 e. The summed E-state index contributed by atoms with van der Waals surface area (Å²) < 4.78 is 14.7. The Balaban J connectivity index is 0.000000135. The topological polar surface area (TPSA) is 29.6 Å². The highest BCUT2D eigenvalue weighted by Gasteiger charge is 2.26. The first-order valence-corrected chi connectivity index (χ1v) is 45.5. The van der Waals surface area contributed by atoms with E-state index in [9.17, 15) is 0 Å². The van der Waals surface area contributed by atoms with Crippen LogP contribution in [0.5, 0.6) is 0 Å². The quantitative estimate of drug-likeness (QED) is 0.124. The molecule has 0 radical (unpaired) electrons. The minimum Gasteiger partial charge on any atom is -0.309 e. The van der Waals surface area contributed by atoms with E-state index in [4.69, 9.17) is 0 Å². The summed E-state index contributed by atoms with van der Waals surface area (Å²) in [6, 6.07) is 178. The number of aromatic nitrogens is 6. The van der Waals surface area contributed by atoms with Gasteiger partial charge in [0.2, 0.25) is 0 Å². The molecule has 22 aromatic carbocycles. The van der Waals surface area contributed by atoms with Crippen molar-refractivity contribution >= 4 is 163 Å². The maximum atomic E-state index is 2.50. The fraction of sp³-hybridized carbons (Fsp3) is 0. The molecule has 0 aliphatic heterocycles. The zero-order valence-electron chi connectivity index (χ0n) is 71.9. The standard InChI is InChI=1S/C64H41N3.C62H39N3/c1-3-14-42(15-4-1)44-26-32-49(33-27-44)65-59-23-11-9-21-52(59)54-38-47(30-36-61(54)65)48-31-37-62-55(39-48)57-40-56-53-22-10-12-24-60(53)66(50-34-28-45(29-35-50)43-16-5-2-6-17-43)63(56)41-64(57)67(62)58-25-13-19-46-18-7-8-20-51(46)58;1-2-13-40(14-3-1)42-25-30-47(31-26-42)63-57-22-10-8-20-50(57)52-36-45(28-33-59(52)63)46-29-34-60-53(37-46)55-38-54-51-21-9-11-23-58(51)64(48-32-27-41-15-4-5-17-44(41)35-48)61(54)39-62(55)65(60)56-24-12-18-43-16-6-7-19-49(43)56/h1-41H;1-39H. The maximum absolute atomic E-state index is 2.50. The van der Waals surface area contributed by atoms with Crippen LogP contribution in [-0.4, -0.2) is 27.4 Å². The molecule has 6 heteroatoms. The fourth-order valence-electron chi connectivity index (χ4n) is 21.7. The van der Waals surface area contributed by atoms with Crippen LogP contribution >= 0.6 is 0 Å². The van der Waals surface area contributed by atoms with E-state index < -0.39 is 0 Å². The molecule has 0 saturated carbocycles. The van der Waals surface area contributed by atoms with Gasteiger partial charge in [0.05, 0.1) is 77.6 Å². The van der Waals surface area contributed by atoms with E-state index in [0.717, 1.165) is 22.7 Å². The number of fused-ring (bicyclic) bond motifs is 21. The first-order chi connectivity index (χ1) is 65.5. The lowest BCUT2D eigenvalue weighted by Crippen LogP contribution is -1.97. The van der Waals surface area contributed by atoms with E-state index in [1.54, 1.807) is 0 Å². The fourth-order valence-corrected chi connectivity index (χ4v) is 21.7. The van der Waals surface area contributed by atoms with Gasteiger partial charge in [-0.3, -0.25) is 0 Å². The largest absolute Gasteiger partial charge is 0.309 e. The summed E-state index contributed by atoms with van der Waals surface area (Å²) in [6.07, 6.45) is 0. The third kappa shape index (κ3) is 11.9. The molecule has 0 N–H and O–H groups in total. The molecule has 0 aliphatic rings. The van der Waals surface area contributed by atoms with E-state index in [-0.39, 0.29) is 0 Å². The molecule has 28 aromatic rings. The highest BCUT2D eigenvalue weighted by atomic mass is 15.0. The smallest absolute Gasteiger partial charge is 0.0562 e. The number of hydrogen-bond acceptors (Lipinski definition) is 0. The van der Waals surface area contributed by atoms with Crippen LogP contribution in [0.15, 0.2) is 485 Å². The van der Waals surface area contributed by atoms with Gasteiger partial charge in [-0.1, -0.05) is 328 Å². The number of rotatable bonds is 11. The van der Waals surface area contributed by atoms with Crippen molar-refractivity contribution in [2.24, 2.45) is 0 Å². The minimum absolute atomic E-state index is 1.14. The van der Waals surface area contributed by atoms with E-state index in [0.29, 0.717) is 0 Å². The van der Waals surface area contributed by atoms with Crippen LogP contribution in [0.1, 0.15) is 0 Å². The highest BCUT2D eigenvalue weighted by molar-refractivity contribution is 6.23. The van der Waals surface area contributed by atoms with E-state index >= 15 is 0 Å². The van der Waals surface area contributed by atoms with Crippen LogP contribution in [0, 0.1) is 0 Å². The Morgan fingerprint density at radius 3 is 0.705 bits per heavy atom. The minimum atomic E-state index is 1.14. The predicted molar refractivity (Wildman–Crippen MR) is 559 cm³/mol. The molecule has 614 valence electrons. The molecule has 0 aliphatic carbocycles. The molecule has 6 nitrogen and oxygen atoms in total. The van der Waals surface area contributed by atoms with Gasteiger partial charge in [-0.2, -0.15) is 0 Å². The van der Waals surface area contributed by atoms with E-state index in [2.05, 4.69) is 513 Å². The summed E-state index contributed by atoms with van der Waals surface area (Å²) in [7, 11) is 0. The Morgan fingerprint density at radius 2 is 0.333 bits per heavy atom. The second kappa shape index (κ2) is 30.0. The Bertz CT molecular complexity index is 9540. The van der Waals surface area contributed by atoms with Gasteiger partial charge in [0.15, 0.2) is 0 Å². The first-order valence-electron chi connectivity index (χ1n) is 45.5. The average molecular weight is 1680 g/mol. The van der Waals surface area contributed by atoms with Gasteiger partial charge in [0.1, 0.15) is 0 Å². The summed E-state index contributed by atoms with van der Waals surface area (Å²) in [5.74, 6) is 0. The van der Waals surface area contributed by atoms with Crippen molar-refractivity contribution in [2.45, 2.75) is 0 Å². The first kappa shape index (κ1) is 74.6. The Kier molecular flexibility index (Phi) is 17.0. The number of hydrogen-bond donors (Lipinski definition) is 0. The van der Waals surface area contributed by atoms with Gasteiger partial charge < -0.3 is 27.4 Å². The highest BCUT2D eigenvalue weighted by Crippen LogP contribution is 2.48. The Labute approximate surface area is 760 Å². The van der Waals surface area contributed by atoms with Crippen molar-refractivity contribution in [3.8, 4) is 89.8 Å². The number of benzene rings is 22. The third-order valence-corrected chi connectivity index (χ3v) is 27.8. The molecule has 132 heavy (non-hydrogen) atoms. The number of nitrogens with zero attached hydrogens (tertiary/aromatic N) is 6. The van der Waals surface area contributed by atoms with Crippen LogP contribution in [0.2, 0.25) is 0 Å². The molecule has 0 spiro atoms. The van der Waals surface area contributed by atoms with Gasteiger partial charge in [-0.25, -0.2) is 0 Å². The summed E-state index contributed by atoms with van der Waals surface area (Å²) in [5.41, 5.74) is 33.3. The van der Waals surface area contributed by atoms with Crippen molar-refractivity contribution < 1.29 is 0 Å². The molecule has 0 atom stereocenters. The van der Waals surface area contributed by atoms with Crippen molar-refractivity contribution in [2.75, 3.05) is 0 Å². The predicted octanol–water partition coefficient (Wildman–Crippen LogP) is 33.8. The molecule has 28 rings (SSSR count). The van der Waals surface area contributed by atoms with Gasteiger partial charge >= 0.3 is 0 Å². The lowest BCUT2D eigenvalue weighted by Gasteiger charge is -2.13. The Hall–Kier alpha value is -17.6. The van der Waals surface area contributed by atoms with E-state index in [1.807, 2.05) is 0 Å². The van der Waals surface area contributed by atoms with Crippen LogP contribution in [0.25, 0.3) is 253 Å². The monoisotopic (exact) mass is 1680 g/mol. The van der Waals surface area contributed by atoms with E-state index in [1.165, 1.54) is 230 Å². The average Bonchev–Trinajstić information content (AvgIpc) is 1.55. The van der Waals surface area contributed by atoms with Crippen molar-refractivity contribution in [3.05, 3.63) is 485 Å². The molecule has 0 unspecified atom stereocenters. The number of para-hydroxylation sites is 4. The lowest BCUT2D eigenvalue weighted by atomic mass is 10.00. The molecule has 6 aromatic heterocycles. The normalized spacial score (nSPS) is 11.9. The molecule has 0 fully saturated rings. The van der Waals surface area contributed by atoms with Crippen LogP contribution in [0.4, 0.5) is 0 Å². The molecule has 0 saturated heterocycles. The molecule has 0 amide bonds. The summed E-state index contributed by atoms with van der Waals surface area (Å²) in [4.78, 5) is 0. The van der Waals surface area contributed by atoms with Crippen LogP contribution < -0.4 is 0 Å². The summed E-state index contributed by atoms with van der Waals surface area (Å²) >= 11 is 0. The lowest BCUT2D eigenvalue weighted by molar-refractivity contribution is 1.17. The molecular weight excluding hydrogens is 1600 g/mol. The SMILES string of the molecule is c1ccc(-c2ccc(-n3c4ccccc4c4cc(-c5ccc6c(c5)c5cc7c8ccccc8n(-c8ccc(-c9ccccc9)cc8)c7cc5n6-c5cccc6ccccc56)ccc43)cc2)cc1.c1ccc(-c2ccc(-n3c4ccccc4c4cc(-c5ccc6c(c5)c5cc7c8ccccc8n(-c8ccc9ccccc9c8)c7cc5n6-c5cccc6ccccc56)ccc43)cc2)cc1. The molecular formula is C126H80N6. The zero-order valence-corrected chi connectivity index (χ0v) is 71.9. The van der Waals surface area contributed by atoms with Gasteiger partial charge in [0, 0.05) is 98.2 Å². The van der Waals surface area contributed by atoms with Gasteiger partial charge in [-0.05, 0) is 235 Å². The van der Waals surface area contributed by atoms with Gasteiger partial charge in [0.25, 0.3) is 0 Å². The summed E-state index contributed by atoms with van der Waals surface area (Å²) in [6.45, 7) is 0. The van der Waals surface area contributed by atoms with Crippen LogP contribution in [-0.2, 0) is 0 Å². The molecule has 6 heterocycles. The van der Waals surface area contributed by atoms with Crippen LogP contribution in [0.3, 0.4) is 0 Å². The third-order valence-electron chi connectivity index (χ3n) is 27.8. The van der Waals surface area contributed by atoms with Gasteiger partial charge in [-0.15, -0.1) is 0 Å². The zero-order chi connectivity index (χ0) is 86.6. The molecule has 0 bridgehead atoms. The van der Waals surface area contributed by atoms with Crippen molar-refractivity contribution in [1.29, 1.82) is 0 Å². The Morgan fingerprint density at radius 1 is 0.0985 bits per heavy atom. The summed E-state index contributed by atoms with van der Waals surface area (Å²) in [5, 5.41) is 22.2. The van der Waals surface area contributed by atoms with Crippen molar-refractivity contribution in [1.82, 2.24) is 27.4 Å². The second-order valence-electron chi connectivity index (χ2n) is 35.0.